The first kappa shape index (κ1) is 13.0. The molecule has 2 heterocycles. The third kappa shape index (κ3) is 2.80. The Morgan fingerprint density at radius 1 is 1.47 bits per heavy atom. The standard InChI is InChI=1S/C13H18FN3OS/c14-4-1-5-18-10-7-17(8-10)13-16-11-3-2-9(15)6-12(11)19-13/h2-3,6,10,13,16H,1,4-5,7-8,15H2. The van der Waals surface area contributed by atoms with E-state index in [2.05, 4.69) is 10.2 Å². The largest absolute Gasteiger partial charge is 0.399 e. The van der Waals surface area contributed by atoms with Gasteiger partial charge in [-0.15, -0.1) is 0 Å². The molecule has 1 atom stereocenters. The molecule has 1 unspecified atom stereocenters. The molecule has 104 valence electrons. The van der Waals surface area contributed by atoms with Crippen LogP contribution in [0.5, 0.6) is 0 Å². The fourth-order valence-corrected chi connectivity index (χ4v) is 3.48. The van der Waals surface area contributed by atoms with Crippen LogP contribution in [0.3, 0.4) is 0 Å². The third-order valence-corrected chi connectivity index (χ3v) is 4.59. The minimum atomic E-state index is -0.298. The van der Waals surface area contributed by atoms with E-state index in [0.29, 0.717) is 13.0 Å². The fourth-order valence-electron chi connectivity index (χ4n) is 2.28. The number of fused-ring (bicyclic) bond motifs is 1. The van der Waals surface area contributed by atoms with E-state index in [9.17, 15) is 4.39 Å². The van der Waals surface area contributed by atoms with Crippen molar-refractivity contribution in [3.05, 3.63) is 18.2 Å². The highest BCUT2D eigenvalue weighted by Crippen LogP contribution is 2.41. The van der Waals surface area contributed by atoms with Crippen molar-refractivity contribution in [2.24, 2.45) is 0 Å². The van der Waals surface area contributed by atoms with Crippen LogP contribution in [0.25, 0.3) is 0 Å². The number of nitrogens with zero attached hydrogens (tertiary/aromatic N) is 1. The molecule has 0 saturated carbocycles. The summed E-state index contributed by atoms with van der Waals surface area (Å²) >= 11 is 1.78. The Bertz CT molecular complexity index is 454. The van der Waals surface area contributed by atoms with E-state index >= 15 is 0 Å². The zero-order valence-corrected chi connectivity index (χ0v) is 11.5. The average Bonchev–Trinajstić information content (AvgIpc) is 2.74. The summed E-state index contributed by atoms with van der Waals surface area (Å²) in [7, 11) is 0. The van der Waals surface area contributed by atoms with E-state index in [-0.39, 0.29) is 18.3 Å². The van der Waals surface area contributed by atoms with Gasteiger partial charge in [-0.1, -0.05) is 11.8 Å². The van der Waals surface area contributed by atoms with Gasteiger partial charge in [-0.3, -0.25) is 9.29 Å². The van der Waals surface area contributed by atoms with Crippen molar-refractivity contribution in [2.75, 3.05) is 37.4 Å². The van der Waals surface area contributed by atoms with Crippen molar-refractivity contribution in [3.8, 4) is 0 Å². The maximum Gasteiger partial charge on any atom is 0.133 e. The van der Waals surface area contributed by atoms with E-state index in [1.807, 2.05) is 18.2 Å². The summed E-state index contributed by atoms with van der Waals surface area (Å²) in [6.45, 7) is 2.03. The Labute approximate surface area is 116 Å². The summed E-state index contributed by atoms with van der Waals surface area (Å²) in [6, 6.07) is 5.93. The Morgan fingerprint density at radius 2 is 2.32 bits per heavy atom. The second kappa shape index (κ2) is 5.56. The molecule has 0 spiro atoms. The lowest BCUT2D eigenvalue weighted by atomic mass is 10.2. The van der Waals surface area contributed by atoms with Crippen LogP contribution in [-0.2, 0) is 4.74 Å². The van der Waals surface area contributed by atoms with E-state index in [0.717, 1.165) is 24.5 Å². The van der Waals surface area contributed by atoms with Crippen molar-refractivity contribution in [2.45, 2.75) is 22.9 Å². The molecule has 1 aromatic carbocycles. The van der Waals surface area contributed by atoms with Crippen molar-refractivity contribution >= 4 is 23.1 Å². The van der Waals surface area contributed by atoms with Crippen molar-refractivity contribution < 1.29 is 9.13 Å². The van der Waals surface area contributed by atoms with Gasteiger partial charge in [0.1, 0.15) is 5.50 Å². The minimum Gasteiger partial charge on any atom is -0.399 e. The number of nitrogens with one attached hydrogen (secondary N) is 1. The Balaban J connectivity index is 1.47. The zero-order valence-electron chi connectivity index (χ0n) is 10.6. The molecule has 1 saturated heterocycles. The van der Waals surface area contributed by atoms with Crippen molar-refractivity contribution in [1.82, 2.24) is 4.90 Å². The maximum atomic E-state index is 12.0. The van der Waals surface area contributed by atoms with Gasteiger partial charge in [0.25, 0.3) is 0 Å². The lowest BCUT2D eigenvalue weighted by Gasteiger charge is -2.42. The molecule has 2 aliphatic rings. The number of likely N-dealkylation sites (tertiary alicyclic amines) is 1. The highest BCUT2D eigenvalue weighted by molar-refractivity contribution is 8.00. The van der Waals surface area contributed by atoms with Crippen LogP contribution in [0, 0.1) is 0 Å². The summed E-state index contributed by atoms with van der Waals surface area (Å²) in [5.74, 6) is 0. The summed E-state index contributed by atoms with van der Waals surface area (Å²) in [5.41, 5.74) is 7.99. The number of benzene rings is 1. The molecule has 0 aliphatic carbocycles. The SMILES string of the molecule is Nc1ccc2c(c1)SC(N1CC(OCCCF)C1)N2. The third-order valence-electron chi connectivity index (χ3n) is 3.36. The number of alkyl halides is 1. The smallest absolute Gasteiger partial charge is 0.133 e. The maximum absolute atomic E-state index is 12.0. The highest BCUT2D eigenvalue weighted by atomic mass is 32.2. The number of anilines is 2. The molecular weight excluding hydrogens is 265 g/mol. The van der Waals surface area contributed by atoms with E-state index < -0.39 is 0 Å². The quantitative estimate of drug-likeness (QED) is 0.640. The molecule has 0 aromatic heterocycles. The van der Waals surface area contributed by atoms with Crippen molar-refractivity contribution in [3.63, 3.8) is 0 Å². The summed E-state index contributed by atoms with van der Waals surface area (Å²) in [6.07, 6.45) is 0.750. The molecule has 6 heteroatoms. The van der Waals surface area contributed by atoms with E-state index in [1.165, 1.54) is 4.90 Å². The van der Waals surface area contributed by atoms with Gasteiger partial charge in [0.2, 0.25) is 0 Å². The molecule has 3 rings (SSSR count). The lowest BCUT2D eigenvalue weighted by molar-refractivity contribution is -0.0569. The van der Waals surface area contributed by atoms with Gasteiger partial charge in [-0.25, -0.2) is 0 Å². The molecule has 19 heavy (non-hydrogen) atoms. The molecular formula is C13H18FN3OS. The summed E-state index contributed by atoms with van der Waals surface area (Å²) in [4.78, 5) is 3.52. The van der Waals surface area contributed by atoms with E-state index in [1.54, 1.807) is 11.8 Å². The number of nitrogen functional groups attached to an aromatic ring is 1. The molecule has 4 nitrogen and oxygen atoms in total. The van der Waals surface area contributed by atoms with Crippen LogP contribution >= 0.6 is 11.8 Å². The van der Waals surface area contributed by atoms with Crippen LogP contribution < -0.4 is 11.1 Å². The Kier molecular flexibility index (Phi) is 3.81. The van der Waals surface area contributed by atoms with E-state index in [4.69, 9.17) is 10.5 Å². The first-order valence-corrected chi connectivity index (χ1v) is 7.38. The van der Waals surface area contributed by atoms with Gasteiger partial charge in [0.15, 0.2) is 0 Å². The second-order valence-corrected chi connectivity index (χ2v) is 5.98. The van der Waals surface area contributed by atoms with Gasteiger partial charge in [-0.05, 0) is 24.6 Å². The fraction of sp³-hybridized carbons (Fsp3) is 0.538. The van der Waals surface area contributed by atoms with Crippen LogP contribution in [0.15, 0.2) is 23.1 Å². The van der Waals surface area contributed by atoms with Crippen LogP contribution in [0.2, 0.25) is 0 Å². The lowest BCUT2D eigenvalue weighted by Crippen LogP contribution is -2.57. The molecule has 3 N–H and O–H groups in total. The second-order valence-electron chi connectivity index (χ2n) is 4.86. The molecule has 2 aliphatic heterocycles. The number of hydrogen-bond donors (Lipinski definition) is 2. The van der Waals surface area contributed by atoms with Gasteiger partial charge in [0.05, 0.1) is 12.8 Å². The Morgan fingerprint density at radius 3 is 3.11 bits per heavy atom. The average molecular weight is 283 g/mol. The minimum absolute atomic E-state index is 0.253. The summed E-state index contributed by atoms with van der Waals surface area (Å²) < 4.78 is 17.5. The predicted octanol–water partition coefficient (Wildman–Crippen LogP) is 2.13. The molecule has 1 aromatic rings. The molecule has 0 bridgehead atoms. The van der Waals surface area contributed by atoms with Gasteiger partial charge >= 0.3 is 0 Å². The van der Waals surface area contributed by atoms with Crippen LogP contribution in [0.4, 0.5) is 15.8 Å². The number of rotatable bonds is 5. The first-order valence-electron chi connectivity index (χ1n) is 6.50. The molecule has 1 fully saturated rings. The topological polar surface area (TPSA) is 50.5 Å². The predicted molar refractivity (Wildman–Crippen MR) is 76.0 cm³/mol. The highest BCUT2D eigenvalue weighted by Gasteiger charge is 2.36. The monoisotopic (exact) mass is 283 g/mol. The number of nitrogens with two attached hydrogens (primary N) is 1. The van der Waals surface area contributed by atoms with Gasteiger partial charge in [0, 0.05) is 36.0 Å². The normalized spacial score (nSPS) is 22.9. The zero-order chi connectivity index (χ0) is 13.2. The van der Waals surface area contributed by atoms with Crippen molar-refractivity contribution in [1.29, 1.82) is 0 Å². The first-order chi connectivity index (χ1) is 9.26. The number of hydrogen-bond acceptors (Lipinski definition) is 5. The Hall–Kier alpha value is -0.980. The number of ether oxygens (including phenoxy) is 1. The van der Waals surface area contributed by atoms with Gasteiger partial charge in [-0.2, -0.15) is 0 Å². The number of thioether (sulfide) groups is 1. The van der Waals surface area contributed by atoms with Crippen LogP contribution in [0.1, 0.15) is 6.42 Å². The molecule has 0 amide bonds. The van der Waals surface area contributed by atoms with Gasteiger partial charge < -0.3 is 15.8 Å². The molecule has 0 radical (unpaired) electrons. The van der Waals surface area contributed by atoms with Crippen LogP contribution in [-0.4, -0.2) is 42.9 Å². The summed E-state index contributed by atoms with van der Waals surface area (Å²) in [5, 5.41) is 3.47. The number of halogens is 1.